The van der Waals surface area contributed by atoms with E-state index in [0.717, 1.165) is 64.7 Å². The average molecular weight is 507 g/mol. The van der Waals surface area contributed by atoms with Crippen molar-refractivity contribution in [1.82, 2.24) is 10.3 Å². The Bertz CT molecular complexity index is 1240. The number of nitrogens with one attached hydrogen (secondary N) is 1. The minimum absolute atomic E-state index is 0.0347. The molecule has 0 aliphatic carbocycles. The van der Waals surface area contributed by atoms with Crippen LogP contribution in [-0.4, -0.2) is 56.9 Å². The maximum Gasteiger partial charge on any atom is 0.264 e. The number of fused-ring (bicyclic) bond motifs is 2. The van der Waals surface area contributed by atoms with Crippen LogP contribution in [0.4, 0.5) is 11.4 Å². The lowest BCUT2D eigenvalue weighted by molar-refractivity contribution is 0.0927. The van der Waals surface area contributed by atoms with Crippen LogP contribution in [0.15, 0.2) is 36.5 Å². The Morgan fingerprint density at radius 1 is 1.06 bits per heavy atom. The lowest BCUT2D eigenvalue weighted by Crippen LogP contribution is -2.38. The maximum atomic E-state index is 13.9. The summed E-state index contributed by atoms with van der Waals surface area (Å²) in [5.74, 6) is 2.11. The Balaban J connectivity index is 1.40. The fraction of sp³-hybridized carbons (Fsp3) is 0.500. The highest BCUT2D eigenvalue weighted by molar-refractivity contribution is 7.22. The smallest absolute Gasteiger partial charge is 0.264 e. The fourth-order valence-corrected chi connectivity index (χ4v) is 7.25. The molecule has 2 aromatic heterocycles. The molecule has 190 valence electrons. The Kier molecular flexibility index (Phi) is 6.48. The molecule has 0 radical (unpaired) electrons. The molecule has 36 heavy (non-hydrogen) atoms. The van der Waals surface area contributed by atoms with E-state index in [0.29, 0.717) is 31.7 Å². The number of aromatic nitrogens is 1. The van der Waals surface area contributed by atoms with Gasteiger partial charge >= 0.3 is 0 Å². The van der Waals surface area contributed by atoms with Gasteiger partial charge in [-0.15, -0.1) is 11.3 Å². The van der Waals surface area contributed by atoms with Crippen LogP contribution in [0, 0.1) is 11.8 Å². The van der Waals surface area contributed by atoms with Gasteiger partial charge in [0.05, 0.1) is 41.9 Å². The molecule has 1 aromatic carbocycles. The van der Waals surface area contributed by atoms with Gasteiger partial charge in [-0.2, -0.15) is 0 Å². The molecule has 0 bridgehead atoms. The molecule has 6 rings (SSSR count). The number of rotatable bonds is 4. The van der Waals surface area contributed by atoms with Crippen molar-refractivity contribution in [3.05, 3.63) is 47.0 Å². The van der Waals surface area contributed by atoms with Crippen LogP contribution in [-0.2, 0) is 4.74 Å². The number of carbonyl (C=O) groups is 1. The minimum Gasteiger partial charge on any atom is -0.493 e. The molecular weight excluding hydrogens is 472 g/mol. The summed E-state index contributed by atoms with van der Waals surface area (Å²) in [6.45, 7) is 10.2. The number of morpholine rings is 1. The molecule has 3 aliphatic heterocycles. The van der Waals surface area contributed by atoms with E-state index in [-0.39, 0.29) is 11.9 Å². The molecule has 7 nitrogen and oxygen atoms in total. The Hall–Kier alpha value is -2.84. The second kappa shape index (κ2) is 9.90. The number of thiophene rings is 1. The Morgan fingerprint density at radius 2 is 1.83 bits per heavy atom. The molecule has 3 atom stereocenters. The molecule has 2 saturated heterocycles. The van der Waals surface area contributed by atoms with Crippen LogP contribution < -0.4 is 19.9 Å². The van der Waals surface area contributed by atoms with Crippen molar-refractivity contribution in [2.75, 3.05) is 55.8 Å². The standard InChI is InChI=1S/C28H34N4O3S/c1-18-15-19(2)17-32(16-18)22-7-9-29-24-25(31-10-13-34-14-11-31)27(36-26(22)24)28(33)30-21-8-12-35-23-6-4-3-5-20(21)23/h3-7,9,18-19,21H,8,10-17H2,1-2H3,(H,30,33)/t18-,19+,21-/m0/s1. The third-order valence-electron chi connectivity index (χ3n) is 7.53. The SMILES string of the molecule is C[C@@H]1C[C@H](C)CN(c2ccnc3c(N4CCOCC4)c(C(=O)N[C@H]4CCOc5ccccc54)sc23)C1. The number of amides is 1. The fourth-order valence-electron chi connectivity index (χ4n) is 6.02. The number of carbonyl (C=O) groups excluding carboxylic acids is 1. The summed E-state index contributed by atoms with van der Waals surface area (Å²) in [5.41, 5.74) is 4.13. The van der Waals surface area contributed by atoms with Crippen molar-refractivity contribution in [3.63, 3.8) is 0 Å². The molecule has 0 spiro atoms. The van der Waals surface area contributed by atoms with Crippen LogP contribution in [0.2, 0.25) is 0 Å². The van der Waals surface area contributed by atoms with Crippen LogP contribution >= 0.6 is 11.3 Å². The summed E-state index contributed by atoms with van der Waals surface area (Å²) in [6, 6.07) is 10.1. The molecule has 2 fully saturated rings. The van der Waals surface area contributed by atoms with Crippen molar-refractivity contribution < 1.29 is 14.3 Å². The zero-order valence-electron chi connectivity index (χ0n) is 21.0. The predicted octanol–water partition coefficient (Wildman–Crippen LogP) is 4.87. The molecule has 1 N–H and O–H groups in total. The van der Waals surface area contributed by atoms with E-state index in [1.54, 1.807) is 11.3 Å². The zero-order valence-corrected chi connectivity index (χ0v) is 21.9. The molecule has 3 aliphatic rings. The third-order valence-corrected chi connectivity index (χ3v) is 8.72. The zero-order chi connectivity index (χ0) is 24.6. The summed E-state index contributed by atoms with van der Waals surface area (Å²) in [6.07, 6.45) is 3.93. The van der Waals surface area contributed by atoms with Gasteiger partial charge in [-0.1, -0.05) is 32.0 Å². The normalized spacial score (nSPS) is 24.3. The first-order valence-corrected chi connectivity index (χ1v) is 13.9. The number of para-hydroxylation sites is 1. The van der Waals surface area contributed by atoms with Gasteiger partial charge in [0.2, 0.25) is 0 Å². The van der Waals surface area contributed by atoms with Crippen LogP contribution in [0.1, 0.15) is 48.0 Å². The number of ether oxygens (including phenoxy) is 2. The van der Waals surface area contributed by atoms with E-state index in [4.69, 9.17) is 14.5 Å². The van der Waals surface area contributed by atoms with E-state index in [9.17, 15) is 4.79 Å². The number of pyridine rings is 1. The molecule has 5 heterocycles. The molecule has 0 saturated carbocycles. The number of nitrogens with zero attached hydrogens (tertiary/aromatic N) is 3. The first kappa shape index (κ1) is 23.6. The van der Waals surface area contributed by atoms with Gasteiger partial charge in [0.25, 0.3) is 5.91 Å². The topological polar surface area (TPSA) is 66.9 Å². The number of anilines is 2. The highest BCUT2D eigenvalue weighted by atomic mass is 32.1. The van der Waals surface area contributed by atoms with Crippen molar-refractivity contribution in [2.24, 2.45) is 11.8 Å². The highest BCUT2D eigenvalue weighted by Gasteiger charge is 2.31. The predicted molar refractivity (Wildman–Crippen MR) is 145 cm³/mol. The molecular formula is C28H34N4O3S. The number of hydrogen-bond donors (Lipinski definition) is 1. The van der Waals surface area contributed by atoms with Gasteiger partial charge in [-0.05, 0) is 30.4 Å². The maximum absolute atomic E-state index is 13.9. The second-order valence-electron chi connectivity index (χ2n) is 10.4. The summed E-state index contributed by atoms with van der Waals surface area (Å²) >= 11 is 1.59. The first-order valence-electron chi connectivity index (χ1n) is 13.1. The quantitative estimate of drug-likeness (QED) is 0.545. The summed E-state index contributed by atoms with van der Waals surface area (Å²) in [7, 11) is 0. The van der Waals surface area contributed by atoms with E-state index < -0.39 is 0 Å². The van der Waals surface area contributed by atoms with Crippen molar-refractivity contribution in [2.45, 2.75) is 32.7 Å². The largest absolute Gasteiger partial charge is 0.493 e. The summed E-state index contributed by atoms with van der Waals surface area (Å²) < 4.78 is 12.6. The number of piperidine rings is 1. The Morgan fingerprint density at radius 3 is 2.64 bits per heavy atom. The van der Waals surface area contributed by atoms with Gasteiger partial charge in [-0.25, -0.2) is 0 Å². The summed E-state index contributed by atoms with van der Waals surface area (Å²) in [4.78, 5) is 24.3. The van der Waals surface area contributed by atoms with Crippen molar-refractivity contribution >= 4 is 38.8 Å². The van der Waals surface area contributed by atoms with Gasteiger partial charge in [-0.3, -0.25) is 9.78 Å². The van der Waals surface area contributed by atoms with Gasteiger partial charge in [0.15, 0.2) is 0 Å². The van der Waals surface area contributed by atoms with Gasteiger partial charge < -0.3 is 24.6 Å². The molecule has 1 amide bonds. The lowest BCUT2D eigenvalue weighted by atomic mass is 9.91. The van der Waals surface area contributed by atoms with Crippen LogP contribution in [0.5, 0.6) is 5.75 Å². The Labute approximate surface area is 216 Å². The first-order chi connectivity index (χ1) is 17.6. The highest BCUT2D eigenvalue weighted by Crippen LogP contribution is 2.43. The van der Waals surface area contributed by atoms with Crippen LogP contribution in [0.25, 0.3) is 10.2 Å². The van der Waals surface area contributed by atoms with Crippen LogP contribution in [0.3, 0.4) is 0 Å². The lowest BCUT2D eigenvalue weighted by Gasteiger charge is -2.36. The summed E-state index contributed by atoms with van der Waals surface area (Å²) in [5, 5.41) is 3.34. The van der Waals surface area contributed by atoms with Gasteiger partial charge in [0, 0.05) is 44.4 Å². The van der Waals surface area contributed by atoms with Gasteiger partial charge in [0.1, 0.15) is 16.1 Å². The van der Waals surface area contributed by atoms with E-state index >= 15 is 0 Å². The molecule has 3 aromatic rings. The van der Waals surface area contributed by atoms with Crippen molar-refractivity contribution in [1.29, 1.82) is 0 Å². The van der Waals surface area contributed by atoms with E-state index in [1.807, 2.05) is 30.5 Å². The second-order valence-corrected chi connectivity index (χ2v) is 11.5. The van der Waals surface area contributed by atoms with Crippen molar-refractivity contribution in [3.8, 4) is 5.75 Å². The third kappa shape index (κ3) is 4.41. The minimum atomic E-state index is -0.0681. The molecule has 0 unspecified atom stereocenters. The average Bonchev–Trinajstić information content (AvgIpc) is 3.29. The number of hydrogen-bond acceptors (Lipinski definition) is 7. The van der Waals surface area contributed by atoms with E-state index in [2.05, 4.69) is 35.0 Å². The molecule has 8 heteroatoms. The number of benzene rings is 1. The van der Waals surface area contributed by atoms with E-state index in [1.165, 1.54) is 12.1 Å². The monoisotopic (exact) mass is 506 g/mol.